The topological polar surface area (TPSA) is 0 Å². The van der Waals surface area contributed by atoms with Crippen LogP contribution in [0.1, 0.15) is 29.2 Å². The minimum absolute atomic E-state index is 0.871. The van der Waals surface area contributed by atoms with Gasteiger partial charge in [-0.2, -0.15) is 0 Å². The summed E-state index contributed by atoms with van der Waals surface area (Å²) >= 11 is 8.34. The Morgan fingerprint density at radius 2 is 1.33 bits per heavy atom. The van der Waals surface area contributed by atoms with Crippen molar-refractivity contribution < 1.29 is 0 Å². The lowest BCUT2D eigenvalue weighted by Crippen LogP contribution is -1.92. The quantitative estimate of drug-likeness (QED) is 0.221. The van der Waals surface area contributed by atoms with Gasteiger partial charge in [0, 0.05) is 64.7 Å². The number of hydrogen-bond acceptors (Lipinski definition) is 3. The van der Waals surface area contributed by atoms with E-state index in [0.717, 1.165) is 33.0 Å². The third-order valence-corrected chi connectivity index (χ3v) is 4.87. The monoisotopic (exact) mass is 586 g/mol. The van der Waals surface area contributed by atoms with Crippen molar-refractivity contribution in [2.45, 2.75) is 6.92 Å². The molecule has 0 amide bonds. The zero-order valence-electron chi connectivity index (χ0n) is 12.3. The molecule has 116 valence electrons. The molecule has 0 aliphatic carbocycles. The van der Waals surface area contributed by atoms with Gasteiger partial charge in [0.1, 0.15) is 0 Å². The highest BCUT2D eigenvalue weighted by atomic mass is 127. The number of fused-ring (bicyclic) bond motifs is 1. The molecule has 2 rings (SSSR count). The zero-order valence-corrected chi connectivity index (χ0v) is 19.2. The van der Waals surface area contributed by atoms with Crippen LogP contribution in [0.2, 0.25) is 0 Å². The highest BCUT2D eigenvalue weighted by molar-refractivity contribution is 14.2. The molecule has 5 heteroatoms. The maximum atomic E-state index is 4.01. The van der Waals surface area contributed by atoms with E-state index in [1.165, 1.54) is 17.9 Å². The maximum Gasteiger partial charge on any atom is 0.0490 e. The van der Waals surface area contributed by atoms with Crippen LogP contribution in [0.3, 0.4) is 0 Å². The van der Waals surface area contributed by atoms with Crippen molar-refractivity contribution >= 4 is 83.7 Å². The summed E-state index contributed by atoms with van der Waals surface area (Å²) in [7, 11) is 2.92. The Hall–Kier alpha value is -0.550. The molecule has 0 saturated carbocycles. The van der Waals surface area contributed by atoms with Gasteiger partial charge >= 0.3 is 0 Å². The predicted molar refractivity (Wildman–Crippen MR) is 129 cm³/mol. The van der Waals surface area contributed by atoms with Crippen LogP contribution in [0.25, 0.3) is 10.8 Å². The second kappa shape index (κ2) is 10.4. The van der Waals surface area contributed by atoms with Crippen LogP contribution >= 0.6 is 72.9 Å². The van der Waals surface area contributed by atoms with Crippen LogP contribution in [0, 0.1) is 45.4 Å². The fraction of sp³-hybridized carbons (Fsp3) is 0.0526. The first-order valence-electron chi connectivity index (χ1n) is 6.51. The summed E-state index contributed by atoms with van der Waals surface area (Å²) < 4.78 is 0. The molecule has 0 radical (unpaired) electrons. The third-order valence-electron chi connectivity index (χ3n) is 3.08. The lowest BCUT2D eigenvalue weighted by molar-refractivity contribution is 1.60. The largest absolute Gasteiger partial charge is 0.101 e. The fourth-order valence-electron chi connectivity index (χ4n) is 2.21. The van der Waals surface area contributed by atoms with Crippen LogP contribution < -0.4 is 0 Å². The standard InChI is InChI=1S/C19H8I2S3/c1-2-3-16-14(8-11-22)4-6-19-17(10-13-24-21)15(9-12-23-20)5-7-18(16)19/h4-7,22H,1H3. The van der Waals surface area contributed by atoms with Gasteiger partial charge in [-0.05, 0) is 63.5 Å². The molecule has 0 N–H and O–H groups in total. The molecule has 0 unspecified atom stereocenters. The van der Waals surface area contributed by atoms with Gasteiger partial charge in [-0.1, -0.05) is 48.4 Å². The molecule has 0 saturated heterocycles. The highest BCUT2D eigenvalue weighted by Gasteiger charge is 2.10. The number of benzene rings is 2. The Labute approximate surface area is 180 Å². The summed E-state index contributed by atoms with van der Waals surface area (Å²) in [5, 5.41) is 10.8. The minimum atomic E-state index is 0.871. The average Bonchev–Trinajstić information content (AvgIpc) is 2.60. The Morgan fingerprint density at radius 1 is 0.792 bits per heavy atom. The molecule has 2 aromatic rings. The summed E-state index contributed by atoms with van der Waals surface area (Å²) in [5.41, 5.74) is 3.63. The van der Waals surface area contributed by atoms with E-state index in [-0.39, 0.29) is 0 Å². The van der Waals surface area contributed by atoms with Crippen molar-refractivity contribution in [2.24, 2.45) is 0 Å². The first-order valence-corrected chi connectivity index (χ1v) is 13.7. The summed E-state index contributed by atoms with van der Waals surface area (Å²) in [4.78, 5) is 0. The van der Waals surface area contributed by atoms with E-state index in [0.29, 0.717) is 0 Å². The van der Waals surface area contributed by atoms with Gasteiger partial charge in [0.25, 0.3) is 0 Å². The van der Waals surface area contributed by atoms with Crippen LogP contribution in [0.4, 0.5) is 0 Å². The molecule has 24 heavy (non-hydrogen) atoms. The Balaban J connectivity index is 2.91. The molecule has 0 heterocycles. The summed E-state index contributed by atoms with van der Waals surface area (Å²) in [6, 6.07) is 8.05. The average molecular weight is 586 g/mol. The Morgan fingerprint density at radius 3 is 1.88 bits per heavy atom. The second-order valence-electron chi connectivity index (χ2n) is 4.29. The van der Waals surface area contributed by atoms with Crippen LogP contribution in [-0.4, -0.2) is 0 Å². The molecule has 0 aliphatic heterocycles. The molecular formula is C19H8I2S3. The molecular weight excluding hydrogens is 578 g/mol. The van der Waals surface area contributed by atoms with E-state index in [1.807, 2.05) is 31.2 Å². The van der Waals surface area contributed by atoms with Crippen LogP contribution in [-0.2, 0) is 0 Å². The maximum absolute atomic E-state index is 4.01. The normalized spacial score (nSPS) is 8.67. The summed E-state index contributed by atoms with van der Waals surface area (Å²) in [5.74, 6) is 15.5. The van der Waals surface area contributed by atoms with Crippen molar-refractivity contribution in [3.8, 4) is 45.4 Å². The van der Waals surface area contributed by atoms with Crippen molar-refractivity contribution in [1.82, 2.24) is 0 Å². The lowest BCUT2D eigenvalue weighted by Gasteiger charge is -2.08. The molecule has 0 bridgehead atoms. The van der Waals surface area contributed by atoms with Gasteiger partial charge in [0.2, 0.25) is 0 Å². The number of rotatable bonds is 0. The van der Waals surface area contributed by atoms with Crippen LogP contribution in [0.15, 0.2) is 24.3 Å². The van der Waals surface area contributed by atoms with Crippen molar-refractivity contribution in [3.63, 3.8) is 0 Å². The van der Waals surface area contributed by atoms with Crippen molar-refractivity contribution in [2.75, 3.05) is 0 Å². The van der Waals surface area contributed by atoms with E-state index >= 15 is 0 Å². The lowest BCUT2D eigenvalue weighted by atomic mass is 9.93. The minimum Gasteiger partial charge on any atom is -0.101 e. The Kier molecular flexibility index (Phi) is 8.60. The van der Waals surface area contributed by atoms with Gasteiger partial charge in [-0.3, -0.25) is 0 Å². The van der Waals surface area contributed by atoms with Gasteiger partial charge in [0.15, 0.2) is 0 Å². The molecule has 0 atom stereocenters. The molecule has 0 aromatic heterocycles. The number of hydrogen-bond donors (Lipinski definition) is 1. The third kappa shape index (κ3) is 4.75. The van der Waals surface area contributed by atoms with Gasteiger partial charge in [-0.15, -0.1) is 5.92 Å². The number of thiol groups is 1. The molecule has 0 fully saturated rings. The van der Waals surface area contributed by atoms with Gasteiger partial charge in [-0.25, -0.2) is 0 Å². The first kappa shape index (κ1) is 19.8. The predicted octanol–water partition coefficient (Wildman–Crippen LogP) is 6.23. The fourth-order valence-corrected chi connectivity index (χ4v) is 3.28. The summed E-state index contributed by atoms with van der Waals surface area (Å²) in [6.07, 6.45) is 0. The van der Waals surface area contributed by atoms with E-state index in [9.17, 15) is 0 Å². The van der Waals surface area contributed by atoms with E-state index in [1.54, 1.807) is 0 Å². The molecule has 0 spiro atoms. The van der Waals surface area contributed by atoms with E-state index in [2.05, 4.69) is 100 Å². The zero-order chi connectivity index (χ0) is 17.4. The van der Waals surface area contributed by atoms with Crippen LogP contribution in [0.5, 0.6) is 0 Å². The second-order valence-corrected chi connectivity index (χ2v) is 7.87. The molecule has 0 aliphatic rings. The number of halogens is 2. The van der Waals surface area contributed by atoms with Gasteiger partial charge < -0.3 is 0 Å². The van der Waals surface area contributed by atoms with Gasteiger partial charge in [0.05, 0.1) is 0 Å². The SMILES string of the molecule is CC#Cc1c(C#CS)ccc2c(C#CSI)c(C#CSI)ccc12. The van der Waals surface area contributed by atoms with E-state index in [4.69, 9.17) is 0 Å². The first-order chi connectivity index (χ1) is 11.8. The smallest absolute Gasteiger partial charge is 0.0490 e. The highest BCUT2D eigenvalue weighted by Crippen LogP contribution is 2.27. The molecule has 0 nitrogen and oxygen atoms in total. The Bertz CT molecular complexity index is 1030. The summed E-state index contributed by atoms with van der Waals surface area (Å²) in [6.45, 7) is 1.82. The van der Waals surface area contributed by atoms with Crippen molar-refractivity contribution in [1.29, 1.82) is 0 Å². The van der Waals surface area contributed by atoms with Crippen molar-refractivity contribution in [3.05, 3.63) is 46.5 Å². The molecule has 2 aromatic carbocycles. The van der Waals surface area contributed by atoms with E-state index < -0.39 is 0 Å².